The molecule has 0 atom stereocenters. The molecule has 2 aromatic heterocycles. The van der Waals surface area contributed by atoms with E-state index < -0.39 is 0 Å². The van der Waals surface area contributed by atoms with Gasteiger partial charge in [-0.05, 0) is 49.9 Å². The minimum atomic E-state index is 0.402. The van der Waals surface area contributed by atoms with Gasteiger partial charge in [0.1, 0.15) is 5.82 Å². The minimum Gasteiger partial charge on any atom is -0.349 e. The Morgan fingerprint density at radius 3 is 2.74 bits per heavy atom. The first-order valence-electron chi connectivity index (χ1n) is 6.42. The van der Waals surface area contributed by atoms with Gasteiger partial charge in [-0.15, -0.1) is 22.9 Å². The van der Waals surface area contributed by atoms with Crippen molar-refractivity contribution in [3.8, 4) is 0 Å². The summed E-state index contributed by atoms with van der Waals surface area (Å²) in [5.41, 5.74) is 2.14. The van der Waals surface area contributed by atoms with Gasteiger partial charge in [-0.25, -0.2) is 4.98 Å². The van der Waals surface area contributed by atoms with Gasteiger partial charge in [0.05, 0.1) is 6.54 Å². The standard InChI is InChI=1S/C15H19ClN2S/c1-11(2)18(10-14-5-4-6-19-14)15-8-13(9-16)7-12(3)17-15/h4-8,11H,9-10H2,1-3H3. The zero-order valence-corrected chi connectivity index (χ0v) is 13.1. The summed E-state index contributed by atoms with van der Waals surface area (Å²) < 4.78 is 0. The summed E-state index contributed by atoms with van der Waals surface area (Å²) >= 11 is 7.74. The van der Waals surface area contributed by atoms with Crippen LogP contribution in [0, 0.1) is 6.92 Å². The van der Waals surface area contributed by atoms with Gasteiger partial charge in [0.25, 0.3) is 0 Å². The van der Waals surface area contributed by atoms with Crippen molar-refractivity contribution in [3.63, 3.8) is 0 Å². The van der Waals surface area contributed by atoms with E-state index in [0.717, 1.165) is 23.6 Å². The van der Waals surface area contributed by atoms with Gasteiger partial charge in [-0.3, -0.25) is 0 Å². The molecular formula is C15H19ClN2S. The maximum Gasteiger partial charge on any atom is 0.129 e. The molecule has 2 rings (SSSR count). The fraction of sp³-hybridized carbons (Fsp3) is 0.400. The van der Waals surface area contributed by atoms with Crippen LogP contribution < -0.4 is 4.90 Å². The van der Waals surface area contributed by atoms with Crippen LogP contribution in [0.1, 0.15) is 30.0 Å². The Morgan fingerprint density at radius 1 is 1.37 bits per heavy atom. The second-order valence-electron chi connectivity index (χ2n) is 4.91. The predicted molar refractivity (Wildman–Crippen MR) is 84.2 cm³/mol. The largest absolute Gasteiger partial charge is 0.349 e. The first-order valence-corrected chi connectivity index (χ1v) is 7.84. The zero-order valence-electron chi connectivity index (χ0n) is 11.6. The highest BCUT2D eigenvalue weighted by atomic mass is 35.5. The molecule has 0 unspecified atom stereocenters. The van der Waals surface area contributed by atoms with Crippen LogP contribution in [-0.2, 0) is 12.4 Å². The van der Waals surface area contributed by atoms with Crippen LogP contribution in [0.4, 0.5) is 5.82 Å². The third-order valence-corrected chi connectivity index (χ3v) is 4.15. The third-order valence-electron chi connectivity index (χ3n) is 2.98. The number of thiophene rings is 1. The van der Waals surface area contributed by atoms with Crippen LogP contribution in [0.5, 0.6) is 0 Å². The predicted octanol–water partition coefficient (Wildman–Crippen LogP) is 4.61. The van der Waals surface area contributed by atoms with Crippen molar-refractivity contribution >= 4 is 28.8 Å². The number of hydrogen-bond donors (Lipinski definition) is 0. The van der Waals surface area contributed by atoms with E-state index in [1.807, 2.05) is 13.0 Å². The number of halogens is 1. The lowest BCUT2D eigenvalue weighted by Crippen LogP contribution is -2.30. The van der Waals surface area contributed by atoms with Crippen molar-refractivity contribution in [2.24, 2.45) is 0 Å². The topological polar surface area (TPSA) is 16.1 Å². The van der Waals surface area contributed by atoms with Crippen LogP contribution in [0.25, 0.3) is 0 Å². The highest BCUT2D eigenvalue weighted by molar-refractivity contribution is 7.09. The summed E-state index contributed by atoms with van der Waals surface area (Å²) in [5, 5.41) is 2.11. The molecule has 2 nitrogen and oxygen atoms in total. The number of aromatic nitrogens is 1. The lowest BCUT2D eigenvalue weighted by Gasteiger charge is -2.28. The van der Waals surface area contributed by atoms with Crippen molar-refractivity contribution in [3.05, 3.63) is 45.8 Å². The second kappa shape index (κ2) is 6.40. The molecule has 2 aromatic rings. The van der Waals surface area contributed by atoms with Crippen molar-refractivity contribution in [1.29, 1.82) is 0 Å². The van der Waals surface area contributed by atoms with Gasteiger partial charge >= 0.3 is 0 Å². The molecule has 0 bridgehead atoms. The highest BCUT2D eigenvalue weighted by Crippen LogP contribution is 2.22. The van der Waals surface area contributed by atoms with E-state index in [1.54, 1.807) is 11.3 Å². The Balaban J connectivity index is 2.30. The number of pyridine rings is 1. The average Bonchev–Trinajstić information content (AvgIpc) is 2.87. The van der Waals surface area contributed by atoms with Crippen LogP contribution in [0.3, 0.4) is 0 Å². The molecule has 0 fully saturated rings. The number of alkyl halides is 1. The average molecular weight is 295 g/mol. The molecule has 102 valence electrons. The molecule has 0 radical (unpaired) electrons. The van der Waals surface area contributed by atoms with Gasteiger partial charge in [0.15, 0.2) is 0 Å². The van der Waals surface area contributed by atoms with E-state index in [4.69, 9.17) is 11.6 Å². The smallest absolute Gasteiger partial charge is 0.129 e. The van der Waals surface area contributed by atoms with Crippen molar-refractivity contribution in [2.45, 2.75) is 39.2 Å². The van der Waals surface area contributed by atoms with Gasteiger partial charge in [0.2, 0.25) is 0 Å². The molecule has 0 saturated heterocycles. The molecule has 0 aliphatic rings. The summed E-state index contributed by atoms with van der Waals surface area (Å²) in [4.78, 5) is 8.32. The van der Waals surface area contributed by atoms with Gasteiger partial charge in [-0.2, -0.15) is 0 Å². The maximum absolute atomic E-state index is 5.95. The van der Waals surface area contributed by atoms with Crippen molar-refractivity contribution in [2.75, 3.05) is 4.90 Å². The van der Waals surface area contributed by atoms with Crippen LogP contribution in [0.2, 0.25) is 0 Å². The number of rotatable bonds is 5. The van der Waals surface area contributed by atoms with Crippen molar-refractivity contribution in [1.82, 2.24) is 4.98 Å². The van der Waals surface area contributed by atoms with E-state index in [-0.39, 0.29) is 0 Å². The summed E-state index contributed by atoms with van der Waals surface area (Å²) in [6, 6.07) is 8.79. The molecular weight excluding hydrogens is 276 g/mol. The summed E-state index contributed by atoms with van der Waals surface area (Å²) in [5.74, 6) is 1.54. The van der Waals surface area contributed by atoms with E-state index in [0.29, 0.717) is 11.9 Å². The Bertz CT molecular complexity index is 523. The summed E-state index contributed by atoms with van der Waals surface area (Å²) in [6.45, 7) is 7.30. The summed E-state index contributed by atoms with van der Waals surface area (Å²) in [7, 11) is 0. The minimum absolute atomic E-state index is 0.402. The number of nitrogens with zero attached hydrogens (tertiary/aromatic N) is 2. The van der Waals surface area contributed by atoms with Crippen LogP contribution in [-0.4, -0.2) is 11.0 Å². The SMILES string of the molecule is Cc1cc(CCl)cc(N(Cc2cccs2)C(C)C)n1. The third kappa shape index (κ3) is 3.71. The monoisotopic (exact) mass is 294 g/mol. The lowest BCUT2D eigenvalue weighted by atomic mass is 10.2. The molecule has 0 aromatic carbocycles. The Hall–Kier alpha value is -1.06. The van der Waals surface area contributed by atoms with Gasteiger partial charge in [-0.1, -0.05) is 6.07 Å². The fourth-order valence-corrected chi connectivity index (χ4v) is 2.90. The van der Waals surface area contributed by atoms with Crippen LogP contribution in [0.15, 0.2) is 29.6 Å². The molecule has 4 heteroatoms. The van der Waals surface area contributed by atoms with Gasteiger partial charge < -0.3 is 4.90 Å². The molecule has 0 aliphatic carbocycles. The van der Waals surface area contributed by atoms with E-state index >= 15 is 0 Å². The number of anilines is 1. The van der Waals surface area contributed by atoms with Crippen molar-refractivity contribution < 1.29 is 0 Å². The van der Waals surface area contributed by atoms with E-state index in [1.165, 1.54) is 4.88 Å². The molecule has 0 aliphatic heterocycles. The first-order chi connectivity index (χ1) is 9.10. The Kier molecular flexibility index (Phi) is 4.83. The highest BCUT2D eigenvalue weighted by Gasteiger charge is 2.14. The zero-order chi connectivity index (χ0) is 13.8. The molecule has 19 heavy (non-hydrogen) atoms. The summed E-state index contributed by atoms with van der Waals surface area (Å²) in [6.07, 6.45) is 0. The first kappa shape index (κ1) is 14.4. The van der Waals surface area contributed by atoms with E-state index in [2.05, 4.69) is 47.3 Å². The second-order valence-corrected chi connectivity index (χ2v) is 6.21. The van der Waals surface area contributed by atoms with E-state index in [9.17, 15) is 0 Å². The number of hydrogen-bond acceptors (Lipinski definition) is 3. The lowest BCUT2D eigenvalue weighted by molar-refractivity contribution is 0.675. The molecule has 0 saturated carbocycles. The Labute approximate surface area is 124 Å². The van der Waals surface area contributed by atoms with Crippen LogP contribution >= 0.6 is 22.9 Å². The van der Waals surface area contributed by atoms with Gasteiger partial charge in [0, 0.05) is 22.5 Å². The maximum atomic E-state index is 5.95. The fourth-order valence-electron chi connectivity index (χ4n) is 2.04. The number of aryl methyl sites for hydroxylation is 1. The molecule has 2 heterocycles. The normalized spacial score (nSPS) is 11.0. The molecule has 0 N–H and O–H groups in total. The molecule has 0 spiro atoms. The quantitative estimate of drug-likeness (QED) is 0.749. The Morgan fingerprint density at radius 2 is 2.16 bits per heavy atom. The molecule has 0 amide bonds.